The lowest BCUT2D eigenvalue weighted by Gasteiger charge is -2.11. The fourth-order valence-electron chi connectivity index (χ4n) is 1.02. The summed E-state index contributed by atoms with van der Waals surface area (Å²) in [6.07, 6.45) is -8.57. The number of halogens is 6. The summed E-state index contributed by atoms with van der Waals surface area (Å²) in [5.74, 6) is 0. The molecule has 94 valence electrons. The molecule has 0 aliphatic rings. The Labute approximate surface area is 104 Å². The molecule has 1 aromatic heterocycles. The van der Waals surface area contributed by atoms with Gasteiger partial charge in [0, 0.05) is 6.07 Å². The summed E-state index contributed by atoms with van der Waals surface area (Å²) in [6.45, 7) is 0. The fourth-order valence-corrected chi connectivity index (χ4v) is 1.61. The zero-order valence-corrected chi connectivity index (χ0v) is 9.79. The van der Waals surface area contributed by atoms with E-state index in [1.54, 1.807) is 0 Å². The molecule has 4 nitrogen and oxygen atoms in total. The molecular formula is C7H2F5IN2O2. The highest BCUT2D eigenvalue weighted by Crippen LogP contribution is 2.37. The van der Waals surface area contributed by atoms with Gasteiger partial charge in [0.25, 0.3) is 6.43 Å². The number of hydrogen-bond acceptors (Lipinski definition) is 3. The average molecular weight is 368 g/mol. The van der Waals surface area contributed by atoms with Crippen LogP contribution in [0.3, 0.4) is 0 Å². The molecule has 0 aliphatic carbocycles. The molecule has 17 heavy (non-hydrogen) atoms. The first-order chi connectivity index (χ1) is 7.64. The van der Waals surface area contributed by atoms with Crippen LogP contribution in [-0.4, -0.2) is 9.91 Å². The molecule has 0 unspecified atom stereocenters. The predicted octanol–water partition coefficient (Wildman–Crippen LogP) is 3.55. The quantitative estimate of drug-likeness (QED) is 0.264. The Morgan fingerprint density at radius 1 is 1.41 bits per heavy atom. The number of aromatic nitrogens is 1. The van der Waals surface area contributed by atoms with E-state index in [9.17, 15) is 32.1 Å². The third kappa shape index (κ3) is 2.98. The van der Waals surface area contributed by atoms with E-state index >= 15 is 0 Å². The standard InChI is InChI=1S/C7H2F5IN2O2/c8-5(9)2-1-3(15(16)17)6(13)14-4(2)7(10,11)12/h1,5H. The first-order valence-electron chi connectivity index (χ1n) is 3.84. The lowest BCUT2D eigenvalue weighted by molar-refractivity contribution is -0.386. The van der Waals surface area contributed by atoms with Gasteiger partial charge in [-0.3, -0.25) is 10.1 Å². The molecule has 0 fully saturated rings. The van der Waals surface area contributed by atoms with Gasteiger partial charge in [-0.15, -0.1) is 0 Å². The van der Waals surface area contributed by atoms with Gasteiger partial charge in [0.05, 0.1) is 10.5 Å². The Morgan fingerprint density at radius 3 is 2.29 bits per heavy atom. The van der Waals surface area contributed by atoms with E-state index in [1.165, 1.54) is 22.6 Å². The minimum absolute atomic E-state index is 0.197. The molecule has 0 atom stereocenters. The Kier molecular flexibility index (Phi) is 3.84. The maximum absolute atomic E-state index is 12.4. The summed E-state index contributed by atoms with van der Waals surface area (Å²) in [6, 6.07) is 0.197. The molecule has 0 N–H and O–H groups in total. The number of rotatable bonds is 2. The molecule has 10 heteroatoms. The topological polar surface area (TPSA) is 56.0 Å². The maximum Gasteiger partial charge on any atom is 0.433 e. The van der Waals surface area contributed by atoms with Gasteiger partial charge < -0.3 is 0 Å². The van der Waals surface area contributed by atoms with Crippen LogP contribution in [0.1, 0.15) is 17.7 Å². The van der Waals surface area contributed by atoms with Crippen LogP contribution in [0.15, 0.2) is 6.07 Å². The van der Waals surface area contributed by atoms with Gasteiger partial charge in [0.2, 0.25) is 0 Å². The van der Waals surface area contributed by atoms with Crippen LogP contribution in [0.2, 0.25) is 0 Å². The van der Waals surface area contributed by atoms with Crippen molar-refractivity contribution in [2.45, 2.75) is 12.6 Å². The Hall–Kier alpha value is -1.07. The SMILES string of the molecule is O=[N+]([O-])c1cc(C(F)F)c(C(F)(F)F)nc1I. The van der Waals surface area contributed by atoms with Crippen molar-refractivity contribution in [3.8, 4) is 0 Å². The molecule has 0 saturated heterocycles. The second-order valence-electron chi connectivity index (χ2n) is 2.79. The number of pyridine rings is 1. The molecule has 1 heterocycles. The van der Waals surface area contributed by atoms with Crippen molar-refractivity contribution in [1.29, 1.82) is 0 Å². The van der Waals surface area contributed by atoms with Crippen LogP contribution in [0, 0.1) is 13.8 Å². The van der Waals surface area contributed by atoms with Gasteiger partial charge in [-0.2, -0.15) is 13.2 Å². The molecule has 0 aliphatic heterocycles. The summed E-state index contributed by atoms with van der Waals surface area (Å²) in [5.41, 5.74) is -4.18. The predicted molar refractivity (Wildman–Crippen MR) is 53.6 cm³/mol. The Balaban J connectivity index is 3.53. The molecule has 0 bridgehead atoms. The van der Waals surface area contributed by atoms with E-state index in [-0.39, 0.29) is 6.07 Å². The summed E-state index contributed by atoms with van der Waals surface area (Å²) in [5, 5.41) is 10.4. The minimum Gasteiger partial charge on any atom is -0.258 e. The molecule has 0 aromatic carbocycles. The first-order valence-corrected chi connectivity index (χ1v) is 4.92. The highest BCUT2D eigenvalue weighted by Gasteiger charge is 2.39. The number of alkyl halides is 5. The Bertz CT molecular complexity index is 462. The van der Waals surface area contributed by atoms with Crippen LogP contribution in [0.25, 0.3) is 0 Å². The molecule has 0 amide bonds. The highest BCUT2D eigenvalue weighted by molar-refractivity contribution is 14.1. The van der Waals surface area contributed by atoms with Crippen molar-refractivity contribution in [2.24, 2.45) is 0 Å². The van der Waals surface area contributed by atoms with E-state index in [0.29, 0.717) is 0 Å². The van der Waals surface area contributed by atoms with Crippen LogP contribution in [-0.2, 0) is 6.18 Å². The van der Waals surface area contributed by atoms with Crippen LogP contribution < -0.4 is 0 Å². The first kappa shape index (κ1) is 14.0. The third-order valence-corrected chi connectivity index (χ3v) is 2.48. The fraction of sp³-hybridized carbons (Fsp3) is 0.286. The average Bonchev–Trinajstić information content (AvgIpc) is 2.14. The van der Waals surface area contributed by atoms with Crippen molar-refractivity contribution in [3.63, 3.8) is 0 Å². The van der Waals surface area contributed by atoms with Crippen molar-refractivity contribution in [2.75, 3.05) is 0 Å². The van der Waals surface area contributed by atoms with Crippen LogP contribution >= 0.6 is 22.6 Å². The van der Waals surface area contributed by atoms with Crippen LogP contribution in [0.4, 0.5) is 27.6 Å². The van der Waals surface area contributed by atoms with E-state index in [1.807, 2.05) is 0 Å². The minimum atomic E-state index is -5.08. The van der Waals surface area contributed by atoms with Crippen LogP contribution in [0.5, 0.6) is 0 Å². The molecule has 0 radical (unpaired) electrons. The lowest BCUT2D eigenvalue weighted by Crippen LogP contribution is -2.14. The van der Waals surface area contributed by atoms with Crippen molar-refractivity contribution in [1.82, 2.24) is 4.98 Å². The van der Waals surface area contributed by atoms with E-state index < -0.39 is 38.2 Å². The maximum atomic E-state index is 12.4. The van der Waals surface area contributed by atoms with Crippen molar-refractivity contribution < 1.29 is 26.9 Å². The zero-order valence-electron chi connectivity index (χ0n) is 7.63. The lowest BCUT2D eigenvalue weighted by atomic mass is 10.2. The highest BCUT2D eigenvalue weighted by atomic mass is 127. The number of nitro groups is 1. The van der Waals surface area contributed by atoms with Crippen molar-refractivity contribution >= 4 is 28.3 Å². The van der Waals surface area contributed by atoms with E-state index in [2.05, 4.69) is 4.98 Å². The van der Waals surface area contributed by atoms with E-state index in [4.69, 9.17) is 0 Å². The molecule has 1 rings (SSSR count). The second kappa shape index (κ2) is 4.66. The molecule has 0 spiro atoms. The van der Waals surface area contributed by atoms with Gasteiger partial charge in [0.1, 0.15) is 0 Å². The third-order valence-electron chi connectivity index (χ3n) is 1.69. The zero-order chi connectivity index (χ0) is 13.4. The summed E-state index contributed by atoms with van der Waals surface area (Å²) in [4.78, 5) is 12.2. The molecule has 0 saturated carbocycles. The van der Waals surface area contributed by atoms with Crippen molar-refractivity contribution in [3.05, 3.63) is 31.1 Å². The number of hydrogen-bond donors (Lipinski definition) is 0. The summed E-state index contributed by atoms with van der Waals surface area (Å²) in [7, 11) is 0. The molecule has 1 aromatic rings. The smallest absolute Gasteiger partial charge is 0.258 e. The monoisotopic (exact) mass is 368 g/mol. The summed E-state index contributed by atoms with van der Waals surface area (Å²) >= 11 is 1.18. The van der Waals surface area contributed by atoms with Gasteiger partial charge in [-0.1, -0.05) is 0 Å². The van der Waals surface area contributed by atoms with E-state index in [0.717, 1.165) is 0 Å². The largest absolute Gasteiger partial charge is 0.433 e. The second-order valence-corrected chi connectivity index (χ2v) is 3.81. The van der Waals surface area contributed by atoms with Gasteiger partial charge in [0.15, 0.2) is 9.39 Å². The number of nitrogens with zero attached hydrogens (tertiary/aromatic N) is 2. The van der Waals surface area contributed by atoms with Gasteiger partial charge >= 0.3 is 11.9 Å². The molecular weight excluding hydrogens is 366 g/mol. The van der Waals surface area contributed by atoms with Gasteiger partial charge in [-0.25, -0.2) is 13.8 Å². The van der Waals surface area contributed by atoms with Gasteiger partial charge in [-0.05, 0) is 22.6 Å². The normalized spacial score (nSPS) is 11.9. The Morgan fingerprint density at radius 2 is 1.94 bits per heavy atom. The summed E-state index contributed by atoms with van der Waals surface area (Å²) < 4.78 is 61.2.